The molecule has 0 bridgehead atoms. The van der Waals surface area contributed by atoms with Crippen LogP contribution in [0.3, 0.4) is 0 Å². The molecule has 0 aliphatic heterocycles. The molecule has 1 N–H and O–H groups in total. The predicted octanol–water partition coefficient (Wildman–Crippen LogP) is 0.202. The molecule has 2 rings (SSSR count). The van der Waals surface area contributed by atoms with E-state index in [1.165, 1.54) is 34.2 Å². The number of rotatable bonds is 4. The van der Waals surface area contributed by atoms with E-state index in [-0.39, 0.29) is 11.4 Å². The maximum absolute atomic E-state index is 12.6. The Kier molecular flexibility index (Phi) is 4.33. The van der Waals surface area contributed by atoms with Crippen LogP contribution in [0.1, 0.15) is 5.69 Å². The van der Waals surface area contributed by atoms with E-state index in [2.05, 4.69) is 4.72 Å². The number of para-hydroxylation sites is 2. The first-order valence-electron chi connectivity index (χ1n) is 6.63. The van der Waals surface area contributed by atoms with Gasteiger partial charge in [0.2, 0.25) is 0 Å². The van der Waals surface area contributed by atoms with Gasteiger partial charge in [0.1, 0.15) is 5.75 Å². The molecular weight excluding hydrogens is 322 g/mol. The number of ether oxygens (including phenoxy) is 1. The first-order chi connectivity index (χ1) is 10.7. The zero-order valence-electron chi connectivity index (χ0n) is 13.2. The van der Waals surface area contributed by atoms with Crippen molar-refractivity contribution in [1.29, 1.82) is 0 Å². The maximum atomic E-state index is 12.6. The van der Waals surface area contributed by atoms with E-state index in [1.807, 2.05) is 0 Å². The van der Waals surface area contributed by atoms with E-state index in [1.54, 1.807) is 18.2 Å². The first kappa shape index (κ1) is 16.8. The summed E-state index contributed by atoms with van der Waals surface area (Å²) in [5.74, 6) is 0.315. The fourth-order valence-corrected chi connectivity index (χ4v) is 3.60. The lowest BCUT2D eigenvalue weighted by atomic mass is 10.3. The summed E-state index contributed by atoms with van der Waals surface area (Å²) in [5.41, 5.74) is -1.22. The summed E-state index contributed by atoms with van der Waals surface area (Å²) in [4.78, 5) is 23.6. The molecule has 0 fully saturated rings. The van der Waals surface area contributed by atoms with Gasteiger partial charge in [-0.3, -0.25) is 18.7 Å². The lowest BCUT2D eigenvalue weighted by Crippen LogP contribution is -2.42. The Morgan fingerprint density at radius 1 is 1.09 bits per heavy atom. The second-order valence-electron chi connectivity index (χ2n) is 4.93. The number of hydrogen-bond donors (Lipinski definition) is 1. The molecule has 1 aromatic carbocycles. The topological polar surface area (TPSA) is 99.4 Å². The summed E-state index contributed by atoms with van der Waals surface area (Å²) in [6.45, 7) is 1.40. The lowest BCUT2D eigenvalue weighted by Gasteiger charge is -2.15. The standard InChI is InChI=1S/C14H17N3O5S/c1-9-12(13(18)17(3)14(19)16(9)2)23(20,21)15-10-7-5-6-8-11(10)22-4/h5-8,15H,1-4H3. The summed E-state index contributed by atoms with van der Waals surface area (Å²) >= 11 is 0. The average Bonchev–Trinajstić information content (AvgIpc) is 2.51. The second kappa shape index (κ2) is 5.92. The Balaban J connectivity index is 2.67. The van der Waals surface area contributed by atoms with E-state index < -0.39 is 26.2 Å². The minimum Gasteiger partial charge on any atom is -0.495 e. The molecule has 9 heteroatoms. The minimum atomic E-state index is -4.19. The molecule has 0 spiro atoms. The molecular formula is C14H17N3O5S. The molecule has 23 heavy (non-hydrogen) atoms. The van der Waals surface area contributed by atoms with Crippen LogP contribution in [-0.4, -0.2) is 24.7 Å². The van der Waals surface area contributed by atoms with Crippen LogP contribution in [0.5, 0.6) is 5.75 Å². The van der Waals surface area contributed by atoms with Crippen LogP contribution in [0.2, 0.25) is 0 Å². The van der Waals surface area contributed by atoms with Crippen molar-refractivity contribution in [1.82, 2.24) is 9.13 Å². The molecule has 0 amide bonds. The van der Waals surface area contributed by atoms with Crippen LogP contribution in [0.4, 0.5) is 5.69 Å². The van der Waals surface area contributed by atoms with Gasteiger partial charge in [-0.25, -0.2) is 13.2 Å². The number of aromatic nitrogens is 2. The van der Waals surface area contributed by atoms with E-state index in [0.717, 1.165) is 9.13 Å². The van der Waals surface area contributed by atoms with Gasteiger partial charge in [-0.05, 0) is 19.1 Å². The Labute approximate surface area is 133 Å². The normalized spacial score (nSPS) is 11.3. The highest BCUT2D eigenvalue weighted by Gasteiger charge is 2.26. The molecule has 1 aromatic heterocycles. The first-order valence-corrected chi connectivity index (χ1v) is 8.11. The smallest absolute Gasteiger partial charge is 0.330 e. The zero-order valence-corrected chi connectivity index (χ0v) is 14.0. The van der Waals surface area contributed by atoms with Gasteiger partial charge in [0.15, 0.2) is 4.90 Å². The van der Waals surface area contributed by atoms with Crippen molar-refractivity contribution in [2.45, 2.75) is 11.8 Å². The summed E-state index contributed by atoms with van der Waals surface area (Å²) < 4.78 is 34.5. The fourth-order valence-electron chi connectivity index (χ4n) is 2.15. The van der Waals surface area contributed by atoms with Crippen molar-refractivity contribution in [3.05, 3.63) is 50.8 Å². The Morgan fingerprint density at radius 2 is 1.70 bits per heavy atom. The predicted molar refractivity (Wildman–Crippen MR) is 85.5 cm³/mol. The van der Waals surface area contributed by atoms with Crippen molar-refractivity contribution in [2.24, 2.45) is 14.1 Å². The van der Waals surface area contributed by atoms with E-state index in [0.29, 0.717) is 5.75 Å². The highest BCUT2D eigenvalue weighted by Crippen LogP contribution is 2.25. The highest BCUT2D eigenvalue weighted by atomic mass is 32.2. The number of anilines is 1. The summed E-state index contributed by atoms with van der Waals surface area (Å²) in [6.07, 6.45) is 0. The third kappa shape index (κ3) is 2.87. The molecule has 0 atom stereocenters. The molecule has 0 saturated heterocycles. The molecule has 124 valence electrons. The maximum Gasteiger partial charge on any atom is 0.330 e. The Bertz CT molecular complexity index is 973. The number of benzene rings is 1. The van der Waals surface area contributed by atoms with Crippen molar-refractivity contribution in [3.8, 4) is 5.75 Å². The van der Waals surface area contributed by atoms with Gasteiger partial charge in [0, 0.05) is 19.8 Å². The van der Waals surface area contributed by atoms with Gasteiger partial charge in [0.25, 0.3) is 15.6 Å². The SMILES string of the molecule is COc1ccccc1NS(=O)(=O)c1c(C)n(C)c(=O)n(C)c1=O. The van der Waals surface area contributed by atoms with Gasteiger partial charge in [-0.1, -0.05) is 12.1 Å². The third-order valence-electron chi connectivity index (χ3n) is 3.52. The quantitative estimate of drug-likeness (QED) is 0.858. The number of nitrogens with zero attached hydrogens (tertiary/aromatic N) is 2. The Morgan fingerprint density at radius 3 is 2.30 bits per heavy atom. The summed E-state index contributed by atoms with van der Waals surface area (Å²) in [7, 11) is -0.155. The van der Waals surface area contributed by atoms with E-state index >= 15 is 0 Å². The van der Waals surface area contributed by atoms with E-state index in [9.17, 15) is 18.0 Å². The monoisotopic (exact) mass is 339 g/mol. The largest absolute Gasteiger partial charge is 0.495 e. The number of methoxy groups -OCH3 is 1. The van der Waals surface area contributed by atoms with Gasteiger partial charge >= 0.3 is 5.69 Å². The third-order valence-corrected chi connectivity index (χ3v) is 5.02. The lowest BCUT2D eigenvalue weighted by molar-refractivity contribution is 0.417. The second-order valence-corrected chi connectivity index (χ2v) is 6.55. The molecule has 0 aliphatic carbocycles. The van der Waals surface area contributed by atoms with Gasteiger partial charge in [0.05, 0.1) is 12.8 Å². The number of nitrogens with one attached hydrogen (secondary N) is 1. The van der Waals surface area contributed by atoms with Crippen molar-refractivity contribution in [3.63, 3.8) is 0 Å². The van der Waals surface area contributed by atoms with Crippen LogP contribution >= 0.6 is 0 Å². The average molecular weight is 339 g/mol. The molecule has 8 nitrogen and oxygen atoms in total. The molecule has 2 aromatic rings. The van der Waals surface area contributed by atoms with Crippen molar-refractivity contribution < 1.29 is 13.2 Å². The molecule has 0 unspecified atom stereocenters. The fraction of sp³-hybridized carbons (Fsp3) is 0.286. The van der Waals surface area contributed by atoms with Crippen LogP contribution in [0.15, 0.2) is 38.8 Å². The van der Waals surface area contributed by atoms with Crippen molar-refractivity contribution >= 4 is 15.7 Å². The molecule has 0 radical (unpaired) electrons. The molecule has 0 saturated carbocycles. The summed E-state index contributed by atoms with van der Waals surface area (Å²) in [5, 5.41) is 0. The van der Waals surface area contributed by atoms with Crippen molar-refractivity contribution in [2.75, 3.05) is 11.8 Å². The Hall–Kier alpha value is -2.55. The molecule has 0 aliphatic rings. The highest BCUT2D eigenvalue weighted by molar-refractivity contribution is 7.92. The zero-order chi connectivity index (χ0) is 17.4. The number of sulfonamides is 1. The van der Waals surface area contributed by atoms with Gasteiger partial charge in [-0.2, -0.15) is 0 Å². The van der Waals surface area contributed by atoms with Crippen LogP contribution in [0, 0.1) is 6.92 Å². The van der Waals surface area contributed by atoms with Gasteiger partial charge in [-0.15, -0.1) is 0 Å². The minimum absolute atomic E-state index is 0.0560. The van der Waals surface area contributed by atoms with Crippen LogP contribution < -0.4 is 20.7 Å². The van der Waals surface area contributed by atoms with Gasteiger partial charge < -0.3 is 4.74 Å². The summed E-state index contributed by atoms with van der Waals surface area (Å²) in [6, 6.07) is 6.42. The van der Waals surface area contributed by atoms with E-state index in [4.69, 9.17) is 4.74 Å². The van der Waals surface area contributed by atoms with Crippen LogP contribution in [0.25, 0.3) is 0 Å². The molecule has 1 heterocycles. The van der Waals surface area contributed by atoms with Crippen LogP contribution in [-0.2, 0) is 24.1 Å². The number of hydrogen-bond acceptors (Lipinski definition) is 5.